The largest absolute Gasteiger partial charge is 0.497 e. The number of halogens is 3. The zero-order chi connectivity index (χ0) is 17.6. The summed E-state index contributed by atoms with van der Waals surface area (Å²) in [5, 5.41) is 10.6. The fourth-order valence-corrected chi connectivity index (χ4v) is 1.60. The standard InChI is InChI=1S/C14H14F3NO5/c1-22-10-3-4-11(23-2)8(6-10)5-9(12(19)20)7-18-13(21)14(15,16)17/h3-6H,7H2,1-2H3,(H,18,21)(H,19,20). The van der Waals surface area contributed by atoms with Gasteiger partial charge < -0.3 is 19.9 Å². The lowest BCUT2D eigenvalue weighted by Gasteiger charge is -2.10. The van der Waals surface area contributed by atoms with E-state index in [9.17, 15) is 22.8 Å². The molecule has 1 aromatic carbocycles. The van der Waals surface area contributed by atoms with E-state index in [0.717, 1.165) is 6.08 Å². The molecule has 0 heterocycles. The first-order valence-electron chi connectivity index (χ1n) is 6.20. The van der Waals surface area contributed by atoms with Gasteiger partial charge in [-0.15, -0.1) is 0 Å². The SMILES string of the molecule is COc1ccc(OC)c(C=C(CNC(=O)C(F)(F)F)C(=O)O)c1. The summed E-state index contributed by atoms with van der Waals surface area (Å²) < 4.78 is 46.4. The number of carboxylic acids is 1. The van der Waals surface area contributed by atoms with E-state index in [4.69, 9.17) is 14.6 Å². The maximum atomic E-state index is 12.1. The van der Waals surface area contributed by atoms with Crippen LogP contribution < -0.4 is 14.8 Å². The van der Waals surface area contributed by atoms with Gasteiger partial charge in [-0.3, -0.25) is 4.79 Å². The van der Waals surface area contributed by atoms with E-state index in [1.54, 1.807) is 6.07 Å². The summed E-state index contributed by atoms with van der Waals surface area (Å²) in [4.78, 5) is 21.9. The summed E-state index contributed by atoms with van der Waals surface area (Å²) in [5.74, 6) is -2.99. The number of carboxylic acid groups (broad SMARTS) is 1. The average Bonchev–Trinajstić information content (AvgIpc) is 2.49. The minimum absolute atomic E-state index is 0.283. The molecule has 0 saturated carbocycles. The molecule has 0 spiro atoms. The molecule has 1 amide bonds. The number of carbonyl (C=O) groups excluding carboxylic acids is 1. The highest BCUT2D eigenvalue weighted by Gasteiger charge is 2.38. The number of benzene rings is 1. The number of methoxy groups -OCH3 is 2. The van der Waals surface area contributed by atoms with Crippen LogP contribution in [0.4, 0.5) is 13.2 Å². The highest BCUT2D eigenvalue weighted by Crippen LogP contribution is 2.26. The first kappa shape index (κ1) is 18.3. The predicted octanol–water partition coefficient (Wildman–Crippen LogP) is 1.85. The second kappa shape index (κ2) is 7.52. The van der Waals surface area contributed by atoms with Gasteiger partial charge >= 0.3 is 18.1 Å². The summed E-state index contributed by atoms with van der Waals surface area (Å²) >= 11 is 0. The number of amides is 1. The van der Waals surface area contributed by atoms with Gasteiger partial charge in [0.1, 0.15) is 11.5 Å². The van der Waals surface area contributed by atoms with Crippen molar-refractivity contribution in [3.63, 3.8) is 0 Å². The van der Waals surface area contributed by atoms with Crippen LogP contribution in [-0.4, -0.2) is 43.9 Å². The van der Waals surface area contributed by atoms with Crippen molar-refractivity contribution in [1.82, 2.24) is 5.32 Å². The molecule has 1 aromatic rings. The molecule has 0 atom stereocenters. The maximum absolute atomic E-state index is 12.1. The Labute approximate surface area is 129 Å². The Morgan fingerprint density at radius 2 is 1.91 bits per heavy atom. The monoisotopic (exact) mass is 333 g/mol. The average molecular weight is 333 g/mol. The zero-order valence-electron chi connectivity index (χ0n) is 12.2. The van der Waals surface area contributed by atoms with E-state index >= 15 is 0 Å². The van der Waals surface area contributed by atoms with Gasteiger partial charge in [-0.05, 0) is 24.3 Å². The molecule has 1 rings (SSSR count). The van der Waals surface area contributed by atoms with Crippen LogP contribution in [0, 0.1) is 0 Å². The van der Waals surface area contributed by atoms with Crippen molar-refractivity contribution in [2.75, 3.05) is 20.8 Å². The van der Waals surface area contributed by atoms with Crippen LogP contribution in [0.3, 0.4) is 0 Å². The fourth-order valence-electron chi connectivity index (χ4n) is 1.60. The maximum Gasteiger partial charge on any atom is 0.471 e. The van der Waals surface area contributed by atoms with Crippen LogP contribution in [0.25, 0.3) is 6.08 Å². The summed E-state index contributed by atoms with van der Waals surface area (Å²) in [7, 11) is 2.75. The van der Waals surface area contributed by atoms with E-state index in [1.807, 2.05) is 0 Å². The lowest BCUT2D eigenvalue weighted by atomic mass is 10.1. The second-order valence-corrected chi connectivity index (χ2v) is 4.26. The topological polar surface area (TPSA) is 84.9 Å². The molecule has 0 aliphatic heterocycles. The van der Waals surface area contributed by atoms with Crippen LogP contribution in [0.15, 0.2) is 23.8 Å². The van der Waals surface area contributed by atoms with Crippen molar-refractivity contribution in [1.29, 1.82) is 0 Å². The van der Waals surface area contributed by atoms with Crippen molar-refractivity contribution in [2.45, 2.75) is 6.18 Å². The smallest absolute Gasteiger partial charge is 0.471 e. The summed E-state index contributed by atoms with van der Waals surface area (Å²) in [5.41, 5.74) is -0.167. The van der Waals surface area contributed by atoms with Gasteiger partial charge in [-0.25, -0.2) is 4.79 Å². The number of hydrogen-bond acceptors (Lipinski definition) is 4. The molecule has 0 aliphatic carbocycles. The number of aliphatic carboxylic acids is 1. The van der Waals surface area contributed by atoms with E-state index in [2.05, 4.69) is 0 Å². The fraction of sp³-hybridized carbons (Fsp3) is 0.286. The first-order valence-corrected chi connectivity index (χ1v) is 6.20. The third-order valence-electron chi connectivity index (χ3n) is 2.74. The Hall–Kier alpha value is -2.71. The molecule has 0 saturated heterocycles. The summed E-state index contributed by atoms with van der Waals surface area (Å²) in [6, 6.07) is 4.54. The molecular formula is C14H14F3NO5. The third-order valence-corrected chi connectivity index (χ3v) is 2.74. The van der Waals surface area contributed by atoms with Crippen molar-refractivity contribution in [3.05, 3.63) is 29.3 Å². The van der Waals surface area contributed by atoms with Gasteiger partial charge in [0.05, 0.1) is 26.3 Å². The molecule has 0 aliphatic rings. The molecule has 23 heavy (non-hydrogen) atoms. The number of hydrogen-bond donors (Lipinski definition) is 2. The lowest BCUT2D eigenvalue weighted by molar-refractivity contribution is -0.173. The van der Waals surface area contributed by atoms with E-state index < -0.39 is 30.2 Å². The summed E-state index contributed by atoms with van der Waals surface area (Å²) in [6.07, 6.45) is -3.99. The number of alkyl halides is 3. The van der Waals surface area contributed by atoms with Crippen LogP contribution in [0.2, 0.25) is 0 Å². The van der Waals surface area contributed by atoms with Crippen molar-refractivity contribution < 1.29 is 37.3 Å². The Morgan fingerprint density at radius 3 is 2.39 bits per heavy atom. The normalized spacial score (nSPS) is 11.8. The Kier molecular flexibility index (Phi) is 6.00. The zero-order valence-corrected chi connectivity index (χ0v) is 12.2. The van der Waals surface area contributed by atoms with E-state index in [-0.39, 0.29) is 5.56 Å². The van der Waals surface area contributed by atoms with Gasteiger partial charge in [-0.2, -0.15) is 13.2 Å². The highest BCUT2D eigenvalue weighted by molar-refractivity contribution is 5.94. The molecule has 2 N–H and O–H groups in total. The molecule has 6 nitrogen and oxygen atoms in total. The third kappa shape index (κ3) is 5.20. The minimum atomic E-state index is -5.09. The molecule has 0 unspecified atom stereocenters. The molecule has 126 valence electrons. The Morgan fingerprint density at radius 1 is 1.26 bits per heavy atom. The van der Waals surface area contributed by atoms with E-state index in [0.29, 0.717) is 11.5 Å². The van der Waals surface area contributed by atoms with Gasteiger partial charge in [-0.1, -0.05) is 0 Å². The van der Waals surface area contributed by atoms with Crippen molar-refractivity contribution in [2.24, 2.45) is 0 Å². The molecular weight excluding hydrogens is 319 g/mol. The highest BCUT2D eigenvalue weighted by atomic mass is 19.4. The van der Waals surface area contributed by atoms with Crippen molar-refractivity contribution in [3.8, 4) is 11.5 Å². The second-order valence-electron chi connectivity index (χ2n) is 4.26. The van der Waals surface area contributed by atoms with Gasteiger partial charge in [0.25, 0.3) is 0 Å². The van der Waals surface area contributed by atoms with Crippen LogP contribution >= 0.6 is 0 Å². The Balaban J connectivity index is 3.08. The van der Waals surface area contributed by atoms with Gasteiger partial charge in [0.2, 0.25) is 0 Å². The number of rotatable bonds is 6. The number of ether oxygens (including phenoxy) is 2. The van der Waals surface area contributed by atoms with Crippen LogP contribution in [0.5, 0.6) is 11.5 Å². The summed E-state index contributed by atoms with van der Waals surface area (Å²) in [6.45, 7) is -0.798. The first-order chi connectivity index (χ1) is 10.7. The van der Waals surface area contributed by atoms with Crippen LogP contribution in [0.1, 0.15) is 5.56 Å². The van der Waals surface area contributed by atoms with E-state index in [1.165, 1.54) is 31.7 Å². The van der Waals surface area contributed by atoms with Gasteiger partial charge in [0.15, 0.2) is 0 Å². The Bertz CT molecular complexity index is 625. The molecule has 0 radical (unpaired) electrons. The molecule has 0 fully saturated rings. The predicted molar refractivity (Wildman–Crippen MR) is 74.2 cm³/mol. The number of carbonyl (C=O) groups is 2. The molecule has 9 heteroatoms. The molecule has 0 aromatic heterocycles. The van der Waals surface area contributed by atoms with Gasteiger partial charge in [0, 0.05) is 5.56 Å². The quantitative estimate of drug-likeness (QED) is 0.776. The lowest BCUT2D eigenvalue weighted by Crippen LogP contribution is -2.38. The minimum Gasteiger partial charge on any atom is -0.497 e. The van der Waals surface area contributed by atoms with Crippen molar-refractivity contribution >= 4 is 18.0 Å². The molecule has 0 bridgehead atoms. The van der Waals surface area contributed by atoms with Crippen LogP contribution in [-0.2, 0) is 9.59 Å². The number of nitrogens with one attached hydrogen (secondary N) is 1.